The van der Waals surface area contributed by atoms with Crippen LogP contribution in [-0.4, -0.2) is 18.1 Å². The highest BCUT2D eigenvalue weighted by Crippen LogP contribution is 2.34. The summed E-state index contributed by atoms with van der Waals surface area (Å²) in [6.07, 6.45) is 0. The van der Waals surface area contributed by atoms with Gasteiger partial charge in [-0.15, -0.1) is 0 Å². The van der Waals surface area contributed by atoms with Crippen LogP contribution in [0.25, 0.3) is 0 Å². The molecule has 24 heavy (non-hydrogen) atoms. The first kappa shape index (κ1) is 19.1. The predicted octanol–water partition coefficient (Wildman–Crippen LogP) is 5.44. The molecule has 0 fully saturated rings. The molecule has 0 aromatic heterocycles. The molecule has 0 bridgehead atoms. The van der Waals surface area contributed by atoms with Crippen molar-refractivity contribution in [2.24, 2.45) is 0 Å². The molecule has 0 radical (unpaired) electrons. The second kappa shape index (κ2) is 8.23. The van der Waals surface area contributed by atoms with Crippen molar-refractivity contribution in [3.63, 3.8) is 0 Å². The topological polar surface area (TPSA) is 50.4 Å². The van der Waals surface area contributed by atoms with Crippen LogP contribution in [0.5, 0.6) is 5.75 Å². The fraction of sp³-hybridized carbons (Fsp3) is 0.0667. The molecule has 0 saturated heterocycles. The van der Waals surface area contributed by atoms with Crippen LogP contribution in [0.2, 0.25) is 20.1 Å². The summed E-state index contributed by atoms with van der Waals surface area (Å²) in [6, 6.07) is 7.86. The van der Waals surface area contributed by atoms with E-state index in [1.807, 2.05) is 0 Å². The van der Waals surface area contributed by atoms with Crippen molar-refractivity contribution in [2.45, 2.75) is 0 Å². The van der Waals surface area contributed by atoms with E-state index in [4.69, 9.17) is 63.4 Å². The van der Waals surface area contributed by atoms with Gasteiger partial charge >= 0.3 is 0 Å². The molecule has 0 unspecified atom stereocenters. The molecular weight excluding hydrogens is 414 g/mol. The van der Waals surface area contributed by atoms with Gasteiger partial charge in [0, 0.05) is 5.56 Å². The molecule has 0 aliphatic carbocycles. The van der Waals surface area contributed by atoms with Gasteiger partial charge < -0.3 is 10.1 Å². The van der Waals surface area contributed by atoms with Crippen LogP contribution in [0.3, 0.4) is 0 Å². The van der Waals surface area contributed by atoms with Crippen molar-refractivity contribution in [1.82, 2.24) is 5.32 Å². The van der Waals surface area contributed by atoms with Gasteiger partial charge in [0.15, 0.2) is 10.9 Å². The fourth-order valence-electron chi connectivity index (χ4n) is 1.82. The first-order chi connectivity index (χ1) is 11.3. The van der Waals surface area contributed by atoms with Gasteiger partial charge in [-0.25, -0.2) is 0 Å². The number of carbonyl (C=O) groups excluding carboxylic acids is 1. The maximum Gasteiger partial charge on any atom is 0.257 e. The number of thiocarbonyl (C=S) groups is 1. The maximum absolute atomic E-state index is 12.2. The molecule has 1 amide bonds. The van der Waals surface area contributed by atoms with Crippen molar-refractivity contribution in [2.75, 3.05) is 12.4 Å². The number of rotatable bonds is 3. The van der Waals surface area contributed by atoms with Crippen molar-refractivity contribution in [3.05, 3.63) is 56.0 Å². The lowest BCUT2D eigenvalue weighted by Crippen LogP contribution is -2.34. The minimum absolute atomic E-state index is 0.0484. The number of anilines is 1. The maximum atomic E-state index is 12.2. The van der Waals surface area contributed by atoms with Gasteiger partial charge in [-0.3, -0.25) is 10.1 Å². The third-order valence-electron chi connectivity index (χ3n) is 2.89. The Morgan fingerprint density at radius 2 is 1.71 bits per heavy atom. The summed E-state index contributed by atoms with van der Waals surface area (Å²) in [4.78, 5) is 12.2. The van der Waals surface area contributed by atoms with Crippen molar-refractivity contribution in [1.29, 1.82) is 0 Å². The van der Waals surface area contributed by atoms with E-state index in [0.29, 0.717) is 21.5 Å². The molecule has 4 nitrogen and oxygen atoms in total. The van der Waals surface area contributed by atoms with E-state index in [1.54, 1.807) is 18.2 Å². The SMILES string of the molecule is COc1c(Cl)cc(C(=O)NC(=S)Nc2cccc(Cl)c2Cl)cc1Cl. The molecule has 0 saturated carbocycles. The fourth-order valence-corrected chi connectivity index (χ4v) is 3.01. The van der Waals surface area contributed by atoms with E-state index in [2.05, 4.69) is 10.6 Å². The largest absolute Gasteiger partial charge is 0.494 e. The standard InChI is InChI=1S/C15H10Cl4N2O2S/c1-23-13-9(17)5-7(6-10(13)18)14(22)21-15(24)20-11-4-2-3-8(16)12(11)19/h2-6H,1H3,(H2,20,21,22,24). The lowest BCUT2D eigenvalue weighted by Gasteiger charge is -2.12. The Bertz CT molecular complexity index is 791. The number of ether oxygens (including phenoxy) is 1. The van der Waals surface area contributed by atoms with Crippen LogP contribution in [0.1, 0.15) is 10.4 Å². The van der Waals surface area contributed by atoms with E-state index in [9.17, 15) is 4.79 Å². The number of amides is 1. The van der Waals surface area contributed by atoms with Gasteiger partial charge in [-0.05, 0) is 36.5 Å². The second-order valence-electron chi connectivity index (χ2n) is 4.48. The van der Waals surface area contributed by atoms with Crippen LogP contribution in [-0.2, 0) is 0 Å². The highest BCUT2D eigenvalue weighted by atomic mass is 35.5. The summed E-state index contributed by atoms with van der Waals surface area (Å²) in [5.41, 5.74) is 0.701. The summed E-state index contributed by atoms with van der Waals surface area (Å²) < 4.78 is 5.03. The van der Waals surface area contributed by atoms with Crippen LogP contribution in [0, 0.1) is 0 Å². The number of hydrogen-bond acceptors (Lipinski definition) is 3. The highest BCUT2D eigenvalue weighted by molar-refractivity contribution is 7.80. The van der Waals surface area contributed by atoms with Gasteiger partial charge in [0.05, 0.1) is 32.9 Å². The molecule has 0 spiro atoms. The van der Waals surface area contributed by atoms with Crippen molar-refractivity contribution >= 4 is 75.3 Å². The predicted molar refractivity (Wildman–Crippen MR) is 103 cm³/mol. The number of hydrogen-bond donors (Lipinski definition) is 2. The van der Waals surface area contributed by atoms with E-state index in [-0.39, 0.29) is 20.7 Å². The Hall–Kier alpha value is -1.24. The minimum atomic E-state index is -0.489. The first-order valence-electron chi connectivity index (χ1n) is 6.43. The molecule has 2 aromatic rings. The van der Waals surface area contributed by atoms with E-state index in [1.165, 1.54) is 19.2 Å². The molecule has 0 atom stereocenters. The van der Waals surface area contributed by atoms with Crippen LogP contribution >= 0.6 is 58.6 Å². The Balaban J connectivity index is 2.12. The van der Waals surface area contributed by atoms with Gasteiger partial charge in [-0.1, -0.05) is 52.5 Å². The molecule has 0 aliphatic heterocycles. The lowest BCUT2D eigenvalue weighted by atomic mass is 10.2. The zero-order chi connectivity index (χ0) is 17.9. The average Bonchev–Trinajstić information content (AvgIpc) is 2.51. The average molecular weight is 424 g/mol. The van der Waals surface area contributed by atoms with Crippen LogP contribution < -0.4 is 15.4 Å². The van der Waals surface area contributed by atoms with E-state index < -0.39 is 5.91 Å². The van der Waals surface area contributed by atoms with Crippen LogP contribution in [0.15, 0.2) is 30.3 Å². The number of carbonyl (C=O) groups is 1. The number of benzene rings is 2. The molecule has 2 N–H and O–H groups in total. The molecule has 126 valence electrons. The van der Waals surface area contributed by atoms with Gasteiger partial charge in [0.25, 0.3) is 5.91 Å². The Morgan fingerprint density at radius 1 is 1.08 bits per heavy atom. The highest BCUT2D eigenvalue weighted by Gasteiger charge is 2.15. The molecular formula is C15H10Cl4N2O2S. The summed E-state index contributed by atoms with van der Waals surface area (Å²) in [6.45, 7) is 0. The number of halogens is 4. The molecule has 2 rings (SSSR count). The minimum Gasteiger partial charge on any atom is -0.494 e. The smallest absolute Gasteiger partial charge is 0.257 e. The summed E-state index contributed by atoms with van der Waals surface area (Å²) in [5.74, 6) is -0.196. The summed E-state index contributed by atoms with van der Waals surface area (Å²) in [7, 11) is 1.43. The molecule has 0 aliphatic rings. The van der Waals surface area contributed by atoms with E-state index in [0.717, 1.165) is 0 Å². The molecule has 0 heterocycles. The Labute approximate surface area is 164 Å². The third-order valence-corrected chi connectivity index (χ3v) is 4.48. The normalized spacial score (nSPS) is 10.2. The Morgan fingerprint density at radius 3 is 2.29 bits per heavy atom. The third kappa shape index (κ3) is 4.43. The lowest BCUT2D eigenvalue weighted by molar-refractivity contribution is 0.0977. The first-order valence-corrected chi connectivity index (χ1v) is 8.35. The quantitative estimate of drug-likeness (QED) is 0.645. The van der Waals surface area contributed by atoms with Gasteiger partial charge in [-0.2, -0.15) is 0 Å². The zero-order valence-corrected chi connectivity index (χ0v) is 16.0. The van der Waals surface area contributed by atoms with E-state index >= 15 is 0 Å². The monoisotopic (exact) mass is 422 g/mol. The number of nitrogens with one attached hydrogen (secondary N) is 2. The summed E-state index contributed by atoms with van der Waals surface area (Å²) in [5, 5.41) is 6.44. The molecule has 9 heteroatoms. The van der Waals surface area contributed by atoms with Gasteiger partial charge in [0.2, 0.25) is 0 Å². The summed E-state index contributed by atoms with van der Waals surface area (Å²) >= 11 is 29.1. The van der Waals surface area contributed by atoms with Gasteiger partial charge in [0.1, 0.15) is 0 Å². The second-order valence-corrected chi connectivity index (χ2v) is 6.49. The number of methoxy groups -OCH3 is 1. The van der Waals surface area contributed by atoms with Crippen molar-refractivity contribution in [3.8, 4) is 5.75 Å². The molecule has 2 aromatic carbocycles. The Kier molecular flexibility index (Phi) is 6.54. The zero-order valence-electron chi connectivity index (χ0n) is 12.1. The van der Waals surface area contributed by atoms with Crippen molar-refractivity contribution < 1.29 is 9.53 Å². The van der Waals surface area contributed by atoms with Crippen LogP contribution in [0.4, 0.5) is 5.69 Å².